The van der Waals surface area contributed by atoms with Crippen LogP contribution < -0.4 is 4.90 Å². The molecular formula is C43H50FN7O2S2Si. The maximum Gasteiger partial charge on any atom is 0.410 e. The van der Waals surface area contributed by atoms with Crippen LogP contribution in [0.1, 0.15) is 80.7 Å². The number of thioether (sulfide) groups is 1. The molecule has 0 radical (unpaired) electrons. The normalized spacial score (nSPS) is 17.7. The number of rotatable bonds is 6. The lowest BCUT2D eigenvalue weighted by molar-refractivity contribution is 0.0123. The first kappa shape index (κ1) is 38.6. The zero-order valence-corrected chi connectivity index (χ0v) is 36.5. The first-order valence-corrected chi connectivity index (χ1v) is 23.9. The van der Waals surface area contributed by atoms with Crippen LogP contribution in [0.2, 0.25) is 16.6 Å². The monoisotopic (exact) mass is 807 g/mol. The van der Waals surface area contributed by atoms with Crippen molar-refractivity contribution in [1.82, 2.24) is 30.0 Å². The Morgan fingerprint density at radius 2 is 1.71 bits per heavy atom. The summed E-state index contributed by atoms with van der Waals surface area (Å²) in [7, 11) is -2.19. The topological polar surface area (TPSA) is 100 Å². The second-order valence-corrected chi connectivity index (χ2v) is 24.6. The number of nitrogens with one attached hydrogen (secondary N) is 1. The molecule has 2 unspecified atom stereocenters. The highest BCUT2D eigenvalue weighted by atomic mass is 32.2. The predicted octanol–water partition coefficient (Wildman–Crippen LogP) is 11.0. The summed E-state index contributed by atoms with van der Waals surface area (Å²) in [6.45, 7) is 20.7. The Morgan fingerprint density at radius 1 is 1.02 bits per heavy atom. The summed E-state index contributed by atoms with van der Waals surface area (Å²) in [5.74, 6) is 4.03. The van der Waals surface area contributed by atoms with Crippen LogP contribution in [-0.4, -0.2) is 81.2 Å². The molecule has 0 spiro atoms. The van der Waals surface area contributed by atoms with Gasteiger partial charge in [0.1, 0.15) is 30.1 Å². The van der Waals surface area contributed by atoms with Crippen molar-refractivity contribution < 1.29 is 13.9 Å². The molecule has 2 aliphatic rings. The molecule has 2 aromatic carbocycles. The number of aromatic nitrogens is 5. The number of H-pyrrole nitrogens is 1. The van der Waals surface area contributed by atoms with Gasteiger partial charge in [-0.3, -0.25) is 15.0 Å². The minimum absolute atomic E-state index is 0.0249. The van der Waals surface area contributed by atoms with E-state index in [1.165, 1.54) is 17.8 Å². The van der Waals surface area contributed by atoms with Gasteiger partial charge in [0.05, 0.1) is 45.1 Å². The number of piperazine rings is 1. The summed E-state index contributed by atoms with van der Waals surface area (Å²) in [5.41, 5.74) is 7.24. The number of anilines is 1. The van der Waals surface area contributed by atoms with Crippen molar-refractivity contribution in [3.8, 4) is 22.7 Å². The van der Waals surface area contributed by atoms with Crippen LogP contribution in [-0.2, 0) is 4.74 Å². The van der Waals surface area contributed by atoms with Crippen LogP contribution in [0.15, 0.2) is 41.8 Å². The number of pyridine rings is 1. The first-order valence-electron chi connectivity index (χ1n) is 19.6. The van der Waals surface area contributed by atoms with Crippen molar-refractivity contribution in [1.29, 1.82) is 0 Å². The number of hydrogen-bond donors (Lipinski definition) is 1. The predicted molar refractivity (Wildman–Crippen MR) is 232 cm³/mol. The van der Waals surface area contributed by atoms with Crippen molar-refractivity contribution >= 4 is 85.1 Å². The SMILES string of the molecule is CSc1nc(N2CC3CCC(C2)N3C(=O)OC(C)(C)C)c2c(n1)sc1c(-c3c4cn[nH]c4cc4ccc(F)c(C#C[Si](C(C)C)(C(C)C)C(C)C)c34)nccc12. The summed E-state index contributed by atoms with van der Waals surface area (Å²) in [6, 6.07) is 7.50. The van der Waals surface area contributed by atoms with E-state index in [2.05, 4.69) is 68.1 Å². The van der Waals surface area contributed by atoms with Gasteiger partial charge in [-0.15, -0.1) is 16.9 Å². The van der Waals surface area contributed by atoms with Gasteiger partial charge in [-0.1, -0.05) is 65.3 Å². The average Bonchev–Trinajstić information content (AvgIpc) is 3.83. The molecule has 2 bridgehead atoms. The fraction of sp³-hybridized carbons (Fsp3) is 0.465. The van der Waals surface area contributed by atoms with Crippen molar-refractivity contribution in [3.05, 3.63) is 48.0 Å². The molecule has 2 fully saturated rings. The van der Waals surface area contributed by atoms with Gasteiger partial charge in [0.2, 0.25) is 0 Å². The highest BCUT2D eigenvalue weighted by Gasteiger charge is 2.45. The van der Waals surface area contributed by atoms with Crippen LogP contribution in [0.25, 0.3) is 53.2 Å². The molecule has 2 atom stereocenters. The van der Waals surface area contributed by atoms with Gasteiger partial charge < -0.3 is 9.64 Å². The number of hydrogen-bond acceptors (Lipinski definition) is 9. The Morgan fingerprint density at radius 3 is 2.36 bits per heavy atom. The Balaban J connectivity index is 1.34. The number of fused-ring (bicyclic) bond motifs is 7. The van der Waals surface area contributed by atoms with E-state index in [-0.39, 0.29) is 24.0 Å². The molecular weight excluding hydrogens is 758 g/mol. The quantitative estimate of drug-likeness (QED) is 0.0769. The number of ether oxygens (including phenoxy) is 1. The van der Waals surface area contributed by atoms with E-state index >= 15 is 4.39 Å². The Kier molecular flexibility index (Phi) is 9.85. The molecule has 0 aliphatic carbocycles. The van der Waals surface area contributed by atoms with Crippen LogP contribution in [0.4, 0.5) is 15.0 Å². The summed E-state index contributed by atoms with van der Waals surface area (Å²) in [5, 5.41) is 12.7. The molecule has 2 saturated heterocycles. The standard InChI is InChI=1S/C43H50FN7O2S2Si/c1-23(2)56(24(3)4,25(5)6)18-16-29-32(44)14-11-26-19-33-31(20-46-49-33)35(34(26)29)37-38-30(15-17-45-37)36-39(47-41(54-10)48-40(36)55-38)50-21-27-12-13-28(22-50)51(27)42(52)53-43(7,8)9/h11,14-15,17,19-20,23-25,27-28H,12-13,21-22H2,1-10H3,(H,46,49). The highest BCUT2D eigenvalue weighted by molar-refractivity contribution is 7.98. The van der Waals surface area contributed by atoms with Gasteiger partial charge in [-0.25, -0.2) is 19.2 Å². The number of amides is 1. The summed E-state index contributed by atoms with van der Waals surface area (Å²) in [6.07, 6.45) is 7.23. The van der Waals surface area contributed by atoms with E-state index in [0.717, 1.165) is 71.9 Å². The number of carbonyl (C=O) groups excluding carboxylic acids is 1. The molecule has 6 heterocycles. The van der Waals surface area contributed by atoms with Crippen molar-refractivity contribution in [2.24, 2.45) is 0 Å². The molecule has 13 heteroatoms. The van der Waals surface area contributed by atoms with Crippen molar-refractivity contribution in [2.45, 2.75) is 115 Å². The van der Waals surface area contributed by atoms with E-state index in [9.17, 15) is 4.79 Å². The maximum absolute atomic E-state index is 16.4. The van der Waals surface area contributed by atoms with E-state index < -0.39 is 13.7 Å². The fourth-order valence-corrected chi connectivity index (χ4v) is 16.4. The summed E-state index contributed by atoms with van der Waals surface area (Å²) < 4.78 is 23.2. The molecule has 4 aromatic heterocycles. The number of nitrogens with zero attached hydrogens (tertiary/aromatic N) is 6. The lowest BCUT2D eigenvalue weighted by Gasteiger charge is -2.42. The third kappa shape index (κ3) is 6.32. The number of halogens is 1. The Bertz CT molecular complexity index is 2550. The number of aromatic amines is 1. The molecule has 292 valence electrons. The number of benzene rings is 2. The smallest absolute Gasteiger partial charge is 0.410 e. The van der Waals surface area contributed by atoms with Gasteiger partial charge in [0.15, 0.2) is 5.16 Å². The van der Waals surface area contributed by atoms with Crippen LogP contribution >= 0.6 is 23.1 Å². The fourth-order valence-electron chi connectivity index (χ4n) is 9.60. The molecule has 1 amide bonds. The number of thiophene rings is 1. The number of carbonyl (C=O) groups is 1. The molecule has 9 nitrogen and oxygen atoms in total. The molecule has 0 saturated carbocycles. The van der Waals surface area contributed by atoms with Gasteiger partial charge in [0.25, 0.3) is 0 Å². The van der Waals surface area contributed by atoms with Crippen LogP contribution in [0, 0.1) is 17.3 Å². The molecule has 8 rings (SSSR count). The minimum Gasteiger partial charge on any atom is -0.444 e. The second kappa shape index (κ2) is 14.3. The van der Waals surface area contributed by atoms with E-state index in [0.29, 0.717) is 40.4 Å². The average molecular weight is 808 g/mol. The van der Waals surface area contributed by atoms with E-state index in [1.54, 1.807) is 11.3 Å². The Hall–Kier alpha value is -4.25. The molecule has 6 aromatic rings. The maximum atomic E-state index is 16.4. The van der Waals surface area contributed by atoms with Crippen molar-refractivity contribution in [2.75, 3.05) is 24.2 Å². The van der Waals surface area contributed by atoms with E-state index in [4.69, 9.17) is 19.7 Å². The zero-order chi connectivity index (χ0) is 39.8. The first-order chi connectivity index (χ1) is 26.6. The van der Waals surface area contributed by atoms with Crippen molar-refractivity contribution in [3.63, 3.8) is 0 Å². The molecule has 2 aliphatic heterocycles. The summed E-state index contributed by atoms with van der Waals surface area (Å²) >= 11 is 3.10. The van der Waals surface area contributed by atoms with Crippen LogP contribution in [0.3, 0.4) is 0 Å². The summed E-state index contributed by atoms with van der Waals surface area (Å²) in [4.78, 5) is 33.8. The minimum atomic E-state index is -2.19. The molecule has 56 heavy (non-hydrogen) atoms. The zero-order valence-electron chi connectivity index (χ0n) is 33.9. The largest absolute Gasteiger partial charge is 0.444 e. The van der Waals surface area contributed by atoms with E-state index in [1.807, 2.05) is 62.5 Å². The van der Waals surface area contributed by atoms with Gasteiger partial charge in [0, 0.05) is 41.0 Å². The van der Waals surface area contributed by atoms with Gasteiger partial charge in [-0.05, 0) is 80.1 Å². The lowest BCUT2D eigenvalue weighted by atomic mass is 9.93. The molecule has 1 N–H and O–H groups in total. The second-order valence-electron chi connectivity index (χ2n) is 17.3. The lowest BCUT2D eigenvalue weighted by Crippen LogP contribution is -2.57. The van der Waals surface area contributed by atoms with Crippen LogP contribution in [0.5, 0.6) is 0 Å². The highest BCUT2D eigenvalue weighted by Crippen LogP contribution is 2.47. The van der Waals surface area contributed by atoms with Gasteiger partial charge >= 0.3 is 6.09 Å². The Labute approximate surface area is 337 Å². The third-order valence-corrected chi connectivity index (χ3v) is 19.9. The van der Waals surface area contributed by atoms with Gasteiger partial charge in [-0.2, -0.15) is 5.10 Å². The third-order valence-electron chi connectivity index (χ3n) is 12.0.